The van der Waals surface area contributed by atoms with Gasteiger partial charge in [0.25, 0.3) is 0 Å². The fourth-order valence-corrected chi connectivity index (χ4v) is 2.23. The average Bonchev–Trinajstić information content (AvgIpc) is 3.00. The third kappa shape index (κ3) is 2.22. The minimum Gasteiger partial charge on any atom is -0.371 e. The van der Waals surface area contributed by atoms with Crippen LogP contribution in [0.3, 0.4) is 0 Å². The van der Waals surface area contributed by atoms with Gasteiger partial charge in [0.1, 0.15) is 0 Å². The van der Waals surface area contributed by atoms with Crippen molar-refractivity contribution in [1.29, 1.82) is 0 Å². The lowest BCUT2D eigenvalue weighted by molar-refractivity contribution is 0.115. The van der Waals surface area contributed by atoms with Crippen LogP contribution in [0.4, 0.5) is 0 Å². The molecule has 0 saturated carbocycles. The maximum absolute atomic E-state index is 5.70. The van der Waals surface area contributed by atoms with E-state index in [9.17, 15) is 0 Å². The lowest BCUT2D eigenvalue weighted by Crippen LogP contribution is -2.45. The van der Waals surface area contributed by atoms with E-state index < -0.39 is 0 Å². The van der Waals surface area contributed by atoms with Crippen LogP contribution in [-0.2, 0) is 4.74 Å². The molecule has 2 fully saturated rings. The molecule has 0 aromatic rings. The normalized spacial score (nSPS) is 37.4. The Morgan fingerprint density at radius 2 is 2.38 bits per heavy atom. The number of likely N-dealkylation sites (tertiary alicyclic amines) is 1. The zero-order chi connectivity index (χ0) is 9.26. The number of hydrogen-bond acceptors (Lipinski definition) is 3. The molecule has 0 radical (unpaired) electrons. The van der Waals surface area contributed by atoms with E-state index in [1.807, 2.05) is 0 Å². The largest absolute Gasteiger partial charge is 0.371 e. The van der Waals surface area contributed by atoms with Crippen molar-refractivity contribution in [2.75, 3.05) is 26.2 Å². The number of hydrogen-bond donors (Lipinski definition) is 1. The molecule has 0 aromatic heterocycles. The summed E-state index contributed by atoms with van der Waals surface area (Å²) >= 11 is 0. The SMILES string of the molecule is CC(C1CO1)N1CCCC(CN)C1. The maximum atomic E-state index is 5.70. The van der Waals surface area contributed by atoms with E-state index in [4.69, 9.17) is 10.5 Å². The zero-order valence-electron chi connectivity index (χ0n) is 8.41. The molecule has 3 unspecified atom stereocenters. The van der Waals surface area contributed by atoms with E-state index in [0.29, 0.717) is 12.1 Å². The predicted octanol–water partition coefficient (Wildman–Crippen LogP) is 0.444. The quantitative estimate of drug-likeness (QED) is 0.647. The monoisotopic (exact) mass is 184 g/mol. The van der Waals surface area contributed by atoms with E-state index in [2.05, 4.69) is 11.8 Å². The molecule has 0 amide bonds. The summed E-state index contributed by atoms with van der Waals surface area (Å²) in [5, 5.41) is 0. The fraction of sp³-hybridized carbons (Fsp3) is 1.00. The van der Waals surface area contributed by atoms with Gasteiger partial charge in [0, 0.05) is 12.6 Å². The number of piperidine rings is 1. The van der Waals surface area contributed by atoms with Crippen molar-refractivity contribution < 1.29 is 4.74 Å². The number of rotatable bonds is 3. The van der Waals surface area contributed by atoms with Gasteiger partial charge in [0.15, 0.2) is 0 Å². The van der Waals surface area contributed by atoms with E-state index in [-0.39, 0.29) is 0 Å². The molecule has 0 aliphatic carbocycles. The van der Waals surface area contributed by atoms with E-state index in [1.54, 1.807) is 0 Å². The molecule has 2 heterocycles. The summed E-state index contributed by atoms with van der Waals surface area (Å²) in [5.74, 6) is 0.718. The third-order valence-corrected chi connectivity index (χ3v) is 3.36. The molecule has 3 nitrogen and oxygen atoms in total. The van der Waals surface area contributed by atoms with Crippen LogP contribution in [0, 0.1) is 5.92 Å². The molecular weight excluding hydrogens is 164 g/mol. The van der Waals surface area contributed by atoms with Crippen molar-refractivity contribution in [2.24, 2.45) is 11.7 Å². The topological polar surface area (TPSA) is 41.8 Å². The molecule has 3 heteroatoms. The lowest BCUT2D eigenvalue weighted by Gasteiger charge is -2.35. The van der Waals surface area contributed by atoms with Crippen LogP contribution in [-0.4, -0.2) is 43.3 Å². The third-order valence-electron chi connectivity index (χ3n) is 3.36. The van der Waals surface area contributed by atoms with Gasteiger partial charge >= 0.3 is 0 Å². The molecule has 0 spiro atoms. The van der Waals surface area contributed by atoms with Crippen molar-refractivity contribution in [2.45, 2.75) is 31.9 Å². The van der Waals surface area contributed by atoms with Crippen LogP contribution in [0.2, 0.25) is 0 Å². The van der Waals surface area contributed by atoms with Crippen LogP contribution >= 0.6 is 0 Å². The summed E-state index contributed by atoms with van der Waals surface area (Å²) in [4.78, 5) is 2.54. The van der Waals surface area contributed by atoms with Gasteiger partial charge in [-0.2, -0.15) is 0 Å². The minimum absolute atomic E-state index is 0.511. The Balaban J connectivity index is 1.83. The molecule has 2 aliphatic heterocycles. The van der Waals surface area contributed by atoms with E-state index in [1.165, 1.54) is 25.9 Å². The second kappa shape index (κ2) is 3.95. The number of nitrogens with two attached hydrogens (primary N) is 1. The number of epoxide rings is 1. The Bertz CT molecular complexity index is 170. The van der Waals surface area contributed by atoms with E-state index >= 15 is 0 Å². The van der Waals surface area contributed by atoms with Crippen LogP contribution in [0.5, 0.6) is 0 Å². The minimum atomic E-state index is 0.511. The molecule has 13 heavy (non-hydrogen) atoms. The standard InChI is InChI=1S/C10H20N2O/c1-8(10-7-13-10)12-4-2-3-9(5-11)6-12/h8-10H,2-7,11H2,1H3. The molecule has 2 rings (SSSR count). The van der Waals surface area contributed by atoms with Crippen LogP contribution in [0.15, 0.2) is 0 Å². The smallest absolute Gasteiger partial charge is 0.0961 e. The van der Waals surface area contributed by atoms with Gasteiger partial charge in [0.2, 0.25) is 0 Å². The van der Waals surface area contributed by atoms with Gasteiger partial charge in [-0.1, -0.05) is 0 Å². The van der Waals surface area contributed by atoms with Crippen molar-refractivity contribution >= 4 is 0 Å². The van der Waals surface area contributed by atoms with Gasteiger partial charge in [-0.3, -0.25) is 4.90 Å². The Morgan fingerprint density at radius 1 is 1.62 bits per heavy atom. The highest BCUT2D eigenvalue weighted by atomic mass is 16.6. The molecule has 2 N–H and O–H groups in total. The molecule has 2 aliphatic rings. The van der Waals surface area contributed by atoms with Gasteiger partial charge < -0.3 is 10.5 Å². The van der Waals surface area contributed by atoms with Gasteiger partial charge in [-0.25, -0.2) is 0 Å². The summed E-state index contributed by atoms with van der Waals surface area (Å²) in [5.41, 5.74) is 5.70. The lowest BCUT2D eigenvalue weighted by atomic mass is 9.96. The van der Waals surface area contributed by atoms with E-state index in [0.717, 1.165) is 19.1 Å². The Morgan fingerprint density at radius 3 is 3.00 bits per heavy atom. The summed E-state index contributed by atoms with van der Waals surface area (Å²) in [6, 6.07) is 0.606. The predicted molar refractivity (Wildman–Crippen MR) is 52.6 cm³/mol. The Hall–Kier alpha value is -0.120. The van der Waals surface area contributed by atoms with Crippen LogP contribution < -0.4 is 5.73 Å². The van der Waals surface area contributed by atoms with Crippen molar-refractivity contribution in [1.82, 2.24) is 4.90 Å². The maximum Gasteiger partial charge on any atom is 0.0961 e. The average molecular weight is 184 g/mol. The first-order chi connectivity index (χ1) is 6.31. The van der Waals surface area contributed by atoms with Crippen LogP contribution in [0.25, 0.3) is 0 Å². The molecule has 0 aromatic carbocycles. The molecule has 0 bridgehead atoms. The second-order valence-corrected chi connectivity index (χ2v) is 4.35. The fourth-order valence-electron chi connectivity index (χ4n) is 2.23. The molecule has 3 atom stereocenters. The summed E-state index contributed by atoms with van der Waals surface area (Å²) < 4.78 is 5.32. The highest BCUT2D eigenvalue weighted by molar-refractivity contribution is 4.86. The summed E-state index contributed by atoms with van der Waals surface area (Å²) in [7, 11) is 0. The van der Waals surface area contributed by atoms with Gasteiger partial charge in [-0.15, -0.1) is 0 Å². The molecular formula is C10H20N2O. The first-order valence-electron chi connectivity index (χ1n) is 5.37. The highest BCUT2D eigenvalue weighted by Crippen LogP contribution is 2.24. The Labute approximate surface area is 80.2 Å². The Kier molecular flexibility index (Phi) is 2.86. The van der Waals surface area contributed by atoms with Crippen molar-refractivity contribution in [3.8, 4) is 0 Å². The van der Waals surface area contributed by atoms with Gasteiger partial charge in [-0.05, 0) is 38.8 Å². The summed E-state index contributed by atoms with van der Waals surface area (Å²) in [6.07, 6.45) is 3.13. The zero-order valence-corrected chi connectivity index (χ0v) is 8.41. The molecule has 76 valence electrons. The van der Waals surface area contributed by atoms with Crippen molar-refractivity contribution in [3.05, 3.63) is 0 Å². The number of nitrogens with zero attached hydrogens (tertiary/aromatic N) is 1. The van der Waals surface area contributed by atoms with Gasteiger partial charge in [0.05, 0.1) is 12.7 Å². The second-order valence-electron chi connectivity index (χ2n) is 4.35. The highest BCUT2D eigenvalue weighted by Gasteiger charge is 2.35. The first kappa shape index (κ1) is 9.44. The van der Waals surface area contributed by atoms with Crippen LogP contribution in [0.1, 0.15) is 19.8 Å². The number of ether oxygens (including phenoxy) is 1. The summed E-state index contributed by atoms with van der Waals surface area (Å²) in [6.45, 7) is 6.49. The van der Waals surface area contributed by atoms with Crippen molar-refractivity contribution in [3.63, 3.8) is 0 Å². The molecule has 2 saturated heterocycles. The first-order valence-corrected chi connectivity index (χ1v) is 5.37.